The lowest BCUT2D eigenvalue weighted by molar-refractivity contribution is 0.0776. The SMILES string of the molecule is CCNC(=NCC1COc2ccccc2O1)NCCCOC(C)C. The lowest BCUT2D eigenvalue weighted by Gasteiger charge is -2.25. The normalized spacial score (nSPS) is 17.0. The molecule has 2 N–H and O–H groups in total. The highest BCUT2D eigenvalue weighted by Crippen LogP contribution is 2.30. The topological polar surface area (TPSA) is 64.1 Å². The maximum absolute atomic E-state index is 5.92. The van der Waals surface area contributed by atoms with Crippen LogP contribution in [0.3, 0.4) is 0 Å². The summed E-state index contributed by atoms with van der Waals surface area (Å²) in [5, 5.41) is 6.56. The van der Waals surface area contributed by atoms with Gasteiger partial charge in [0.1, 0.15) is 6.61 Å². The molecule has 134 valence electrons. The quantitative estimate of drug-likeness (QED) is 0.433. The van der Waals surface area contributed by atoms with Gasteiger partial charge in [-0.05, 0) is 39.3 Å². The molecule has 0 aromatic heterocycles. The molecule has 1 aliphatic rings. The van der Waals surface area contributed by atoms with E-state index in [0.29, 0.717) is 13.2 Å². The Kier molecular flexibility index (Phi) is 7.68. The number of rotatable bonds is 8. The van der Waals surface area contributed by atoms with Gasteiger partial charge in [0.15, 0.2) is 23.6 Å². The summed E-state index contributed by atoms with van der Waals surface area (Å²) in [5.41, 5.74) is 0. The molecule has 2 rings (SSSR count). The molecular formula is C18H29N3O3. The first-order valence-electron chi connectivity index (χ1n) is 8.71. The van der Waals surface area contributed by atoms with E-state index >= 15 is 0 Å². The summed E-state index contributed by atoms with van der Waals surface area (Å²) in [4.78, 5) is 4.59. The van der Waals surface area contributed by atoms with Gasteiger partial charge in [0.2, 0.25) is 0 Å². The Morgan fingerprint density at radius 3 is 2.83 bits per heavy atom. The largest absolute Gasteiger partial charge is 0.486 e. The van der Waals surface area contributed by atoms with Crippen molar-refractivity contribution < 1.29 is 14.2 Å². The lowest BCUT2D eigenvalue weighted by atomic mass is 10.2. The first-order chi connectivity index (χ1) is 11.7. The number of nitrogens with zero attached hydrogens (tertiary/aromatic N) is 1. The molecule has 1 aromatic rings. The first kappa shape index (κ1) is 18.4. The molecule has 1 unspecified atom stereocenters. The van der Waals surface area contributed by atoms with Crippen LogP contribution in [-0.2, 0) is 4.74 Å². The summed E-state index contributed by atoms with van der Waals surface area (Å²) in [5.74, 6) is 2.38. The molecule has 0 saturated heterocycles. The van der Waals surface area contributed by atoms with E-state index in [4.69, 9.17) is 14.2 Å². The number of nitrogens with one attached hydrogen (secondary N) is 2. The number of aliphatic imine (C=N–C) groups is 1. The third kappa shape index (κ3) is 6.28. The summed E-state index contributed by atoms with van der Waals surface area (Å²) in [6, 6.07) is 7.72. The highest BCUT2D eigenvalue weighted by Gasteiger charge is 2.20. The monoisotopic (exact) mass is 335 g/mol. The number of para-hydroxylation sites is 2. The van der Waals surface area contributed by atoms with Crippen LogP contribution in [0.1, 0.15) is 27.2 Å². The van der Waals surface area contributed by atoms with E-state index in [0.717, 1.165) is 43.6 Å². The standard InChI is InChI=1S/C18H29N3O3/c1-4-19-18(20-10-7-11-22-14(2)3)21-12-15-13-23-16-8-5-6-9-17(16)24-15/h5-6,8-9,14-15H,4,7,10-13H2,1-3H3,(H2,19,20,21). The Labute approximate surface area is 144 Å². The van der Waals surface area contributed by atoms with E-state index in [9.17, 15) is 0 Å². The van der Waals surface area contributed by atoms with E-state index in [2.05, 4.69) is 22.5 Å². The van der Waals surface area contributed by atoms with Crippen LogP contribution in [0.15, 0.2) is 29.3 Å². The summed E-state index contributed by atoms with van der Waals surface area (Å²) in [6.07, 6.45) is 1.15. The number of ether oxygens (including phenoxy) is 3. The van der Waals surface area contributed by atoms with Crippen molar-refractivity contribution in [1.29, 1.82) is 0 Å². The molecule has 0 bridgehead atoms. The van der Waals surface area contributed by atoms with Crippen LogP contribution in [-0.4, -0.2) is 51.0 Å². The van der Waals surface area contributed by atoms with Gasteiger partial charge >= 0.3 is 0 Å². The van der Waals surface area contributed by atoms with Crippen LogP contribution >= 0.6 is 0 Å². The molecule has 0 saturated carbocycles. The van der Waals surface area contributed by atoms with Crippen molar-refractivity contribution in [2.24, 2.45) is 4.99 Å². The number of guanidine groups is 1. The molecule has 0 spiro atoms. The molecule has 1 aliphatic heterocycles. The number of hydrogen-bond donors (Lipinski definition) is 2. The summed E-state index contributed by atoms with van der Waals surface area (Å²) in [6.45, 7) is 9.60. The predicted molar refractivity (Wildman–Crippen MR) is 96.0 cm³/mol. The third-order valence-electron chi connectivity index (χ3n) is 3.43. The van der Waals surface area contributed by atoms with Crippen molar-refractivity contribution in [2.75, 3.05) is 32.8 Å². The first-order valence-corrected chi connectivity index (χ1v) is 8.71. The van der Waals surface area contributed by atoms with Crippen LogP contribution < -0.4 is 20.1 Å². The second kappa shape index (κ2) is 10.0. The van der Waals surface area contributed by atoms with Crippen LogP contribution in [0.4, 0.5) is 0 Å². The fourth-order valence-corrected chi connectivity index (χ4v) is 2.29. The van der Waals surface area contributed by atoms with Gasteiger partial charge in [-0.25, -0.2) is 4.99 Å². The molecule has 6 nitrogen and oxygen atoms in total. The van der Waals surface area contributed by atoms with Crippen molar-refractivity contribution in [3.8, 4) is 11.5 Å². The Morgan fingerprint density at radius 1 is 1.29 bits per heavy atom. The van der Waals surface area contributed by atoms with E-state index in [1.165, 1.54) is 0 Å². The molecule has 1 aromatic carbocycles. The minimum Gasteiger partial charge on any atom is -0.486 e. The van der Waals surface area contributed by atoms with E-state index in [1.807, 2.05) is 38.1 Å². The zero-order valence-electron chi connectivity index (χ0n) is 14.9. The maximum Gasteiger partial charge on any atom is 0.191 e. The van der Waals surface area contributed by atoms with Gasteiger partial charge in [-0.2, -0.15) is 0 Å². The van der Waals surface area contributed by atoms with Crippen molar-refractivity contribution in [3.63, 3.8) is 0 Å². The van der Waals surface area contributed by atoms with E-state index in [1.54, 1.807) is 0 Å². The Hall–Kier alpha value is -1.95. The van der Waals surface area contributed by atoms with E-state index < -0.39 is 0 Å². The minimum absolute atomic E-state index is 0.0698. The van der Waals surface area contributed by atoms with Gasteiger partial charge in [0, 0.05) is 19.7 Å². The average Bonchev–Trinajstić information content (AvgIpc) is 2.58. The lowest BCUT2D eigenvalue weighted by Crippen LogP contribution is -2.40. The Bertz CT molecular complexity index is 520. The Morgan fingerprint density at radius 2 is 2.08 bits per heavy atom. The zero-order chi connectivity index (χ0) is 17.2. The third-order valence-corrected chi connectivity index (χ3v) is 3.43. The van der Waals surface area contributed by atoms with Crippen molar-refractivity contribution in [1.82, 2.24) is 10.6 Å². The number of benzene rings is 1. The minimum atomic E-state index is -0.0698. The average molecular weight is 335 g/mol. The van der Waals surface area contributed by atoms with Crippen LogP contribution in [0.5, 0.6) is 11.5 Å². The Balaban J connectivity index is 1.76. The highest BCUT2D eigenvalue weighted by molar-refractivity contribution is 5.79. The zero-order valence-corrected chi connectivity index (χ0v) is 14.9. The fourth-order valence-electron chi connectivity index (χ4n) is 2.29. The molecule has 0 amide bonds. The molecular weight excluding hydrogens is 306 g/mol. The number of fused-ring (bicyclic) bond motifs is 1. The van der Waals surface area contributed by atoms with Gasteiger partial charge in [0.25, 0.3) is 0 Å². The van der Waals surface area contributed by atoms with Crippen LogP contribution in [0.25, 0.3) is 0 Å². The summed E-state index contributed by atoms with van der Waals surface area (Å²) < 4.78 is 17.2. The molecule has 24 heavy (non-hydrogen) atoms. The van der Waals surface area contributed by atoms with Crippen LogP contribution in [0.2, 0.25) is 0 Å². The van der Waals surface area contributed by atoms with Crippen molar-refractivity contribution >= 4 is 5.96 Å². The second-order valence-corrected chi connectivity index (χ2v) is 5.92. The fraction of sp³-hybridized carbons (Fsp3) is 0.611. The predicted octanol–water partition coefficient (Wildman–Crippen LogP) is 2.20. The van der Waals surface area contributed by atoms with Crippen molar-refractivity contribution in [2.45, 2.75) is 39.4 Å². The van der Waals surface area contributed by atoms with Gasteiger partial charge in [-0.15, -0.1) is 0 Å². The molecule has 0 aliphatic carbocycles. The van der Waals surface area contributed by atoms with E-state index in [-0.39, 0.29) is 12.2 Å². The second-order valence-electron chi connectivity index (χ2n) is 5.92. The van der Waals surface area contributed by atoms with Crippen molar-refractivity contribution in [3.05, 3.63) is 24.3 Å². The molecule has 0 fully saturated rings. The van der Waals surface area contributed by atoms with Gasteiger partial charge in [-0.1, -0.05) is 12.1 Å². The van der Waals surface area contributed by atoms with Gasteiger partial charge in [-0.3, -0.25) is 0 Å². The summed E-state index contributed by atoms with van der Waals surface area (Å²) >= 11 is 0. The summed E-state index contributed by atoms with van der Waals surface area (Å²) in [7, 11) is 0. The maximum atomic E-state index is 5.92. The van der Waals surface area contributed by atoms with Gasteiger partial charge in [0.05, 0.1) is 12.6 Å². The smallest absolute Gasteiger partial charge is 0.191 e. The van der Waals surface area contributed by atoms with Gasteiger partial charge < -0.3 is 24.8 Å². The molecule has 6 heteroatoms. The number of hydrogen-bond acceptors (Lipinski definition) is 4. The van der Waals surface area contributed by atoms with Crippen LogP contribution in [0, 0.1) is 0 Å². The molecule has 1 atom stereocenters. The highest BCUT2D eigenvalue weighted by atomic mass is 16.6. The molecule has 0 radical (unpaired) electrons. The molecule has 1 heterocycles.